The van der Waals surface area contributed by atoms with Crippen molar-refractivity contribution in [3.63, 3.8) is 0 Å². The first-order chi connectivity index (χ1) is 9.41. The van der Waals surface area contributed by atoms with Crippen molar-refractivity contribution in [1.29, 1.82) is 0 Å². The van der Waals surface area contributed by atoms with E-state index in [1.165, 1.54) is 18.2 Å². The highest BCUT2D eigenvalue weighted by Gasteiger charge is 2.15. The minimum atomic E-state index is -0.601. The Morgan fingerprint density at radius 1 is 1.40 bits per heavy atom. The van der Waals surface area contributed by atoms with E-state index in [9.17, 15) is 14.9 Å². The van der Waals surface area contributed by atoms with Crippen molar-refractivity contribution < 1.29 is 9.72 Å². The van der Waals surface area contributed by atoms with Crippen LogP contribution in [0, 0.1) is 10.1 Å². The number of nitrogens with one attached hydrogen (secondary N) is 1. The van der Waals surface area contributed by atoms with Gasteiger partial charge in [0.05, 0.1) is 4.92 Å². The maximum absolute atomic E-state index is 11.8. The normalized spacial score (nSPS) is 10.6. The molecule has 0 spiro atoms. The number of benzene rings is 1. The lowest BCUT2D eigenvalue weighted by Gasteiger charge is -2.09. The summed E-state index contributed by atoms with van der Waals surface area (Å²) in [6, 6.07) is 4.03. The van der Waals surface area contributed by atoms with Gasteiger partial charge in [-0.25, -0.2) is 0 Å². The first-order valence-corrected chi connectivity index (χ1v) is 6.66. The maximum atomic E-state index is 11.8. The van der Waals surface area contributed by atoms with E-state index < -0.39 is 4.92 Å². The molecule has 0 unspecified atom stereocenters. The summed E-state index contributed by atoms with van der Waals surface area (Å²) in [5.41, 5.74) is -0.0133. The van der Waals surface area contributed by atoms with Crippen molar-refractivity contribution in [2.24, 2.45) is 0 Å². The van der Waals surface area contributed by atoms with E-state index in [1.54, 1.807) is 0 Å². The SMILES string of the molecule is CN(C)CCCCNC(=O)c1ccc(Cl)c([N+](=O)[O-])c1. The van der Waals surface area contributed by atoms with Crippen molar-refractivity contribution in [3.05, 3.63) is 38.9 Å². The van der Waals surface area contributed by atoms with Crippen molar-refractivity contribution in [1.82, 2.24) is 10.2 Å². The van der Waals surface area contributed by atoms with E-state index in [0.717, 1.165) is 19.4 Å². The fourth-order valence-electron chi connectivity index (χ4n) is 1.65. The summed E-state index contributed by atoms with van der Waals surface area (Å²) in [5, 5.41) is 13.5. The molecule has 0 aliphatic rings. The fourth-order valence-corrected chi connectivity index (χ4v) is 1.84. The van der Waals surface area contributed by atoms with Crippen molar-refractivity contribution in [3.8, 4) is 0 Å². The lowest BCUT2D eigenvalue weighted by atomic mass is 10.2. The lowest BCUT2D eigenvalue weighted by molar-refractivity contribution is -0.384. The van der Waals surface area contributed by atoms with E-state index in [4.69, 9.17) is 11.6 Å². The van der Waals surface area contributed by atoms with Crippen LogP contribution in [0.3, 0.4) is 0 Å². The van der Waals surface area contributed by atoms with Gasteiger partial charge in [0, 0.05) is 18.2 Å². The Labute approximate surface area is 122 Å². The van der Waals surface area contributed by atoms with Gasteiger partial charge >= 0.3 is 0 Å². The smallest absolute Gasteiger partial charge is 0.288 e. The molecule has 1 aromatic carbocycles. The van der Waals surface area contributed by atoms with Gasteiger partial charge in [0.2, 0.25) is 0 Å². The monoisotopic (exact) mass is 299 g/mol. The molecule has 1 amide bonds. The van der Waals surface area contributed by atoms with Crippen LogP contribution in [0.25, 0.3) is 0 Å². The Hall–Kier alpha value is -1.66. The summed E-state index contributed by atoms with van der Waals surface area (Å²) in [7, 11) is 3.98. The third-order valence-electron chi connectivity index (χ3n) is 2.72. The van der Waals surface area contributed by atoms with E-state index in [-0.39, 0.29) is 22.2 Å². The van der Waals surface area contributed by atoms with Crippen molar-refractivity contribution >= 4 is 23.2 Å². The van der Waals surface area contributed by atoms with Crippen LogP contribution < -0.4 is 5.32 Å². The molecule has 0 bridgehead atoms. The molecular formula is C13H18ClN3O3. The minimum Gasteiger partial charge on any atom is -0.352 e. The second-order valence-corrected chi connectivity index (χ2v) is 5.10. The molecule has 0 saturated carbocycles. The second kappa shape index (κ2) is 7.81. The number of carbonyl (C=O) groups is 1. The molecule has 1 rings (SSSR count). The largest absolute Gasteiger partial charge is 0.352 e. The first kappa shape index (κ1) is 16.4. The van der Waals surface area contributed by atoms with Crippen LogP contribution in [0.2, 0.25) is 5.02 Å². The highest BCUT2D eigenvalue weighted by atomic mass is 35.5. The Morgan fingerprint density at radius 3 is 2.70 bits per heavy atom. The zero-order valence-electron chi connectivity index (χ0n) is 11.6. The molecule has 7 heteroatoms. The molecule has 0 atom stereocenters. The number of hydrogen-bond acceptors (Lipinski definition) is 4. The third-order valence-corrected chi connectivity index (χ3v) is 3.04. The van der Waals surface area contributed by atoms with Crippen molar-refractivity contribution in [2.45, 2.75) is 12.8 Å². The first-order valence-electron chi connectivity index (χ1n) is 6.28. The van der Waals surface area contributed by atoms with Gasteiger partial charge in [0.15, 0.2) is 0 Å². The third kappa shape index (κ3) is 5.14. The zero-order valence-corrected chi connectivity index (χ0v) is 12.3. The molecule has 20 heavy (non-hydrogen) atoms. The number of rotatable bonds is 7. The number of halogens is 1. The average molecular weight is 300 g/mol. The van der Waals surface area contributed by atoms with E-state index >= 15 is 0 Å². The van der Waals surface area contributed by atoms with E-state index in [2.05, 4.69) is 10.2 Å². The molecule has 1 N–H and O–H groups in total. The summed E-state index contributed by atoms with van der Waals surface area (Å²) in [6.07, 6.45) is 1.84. The van der Waals surface area contributed by atoms with E-state index in [1.807, 2.05) is 14.1 Å². The molecular weight excluding hydrogens is 282 g/mol. The Kier molecular flexibility index (Phi) is 6.41. The predicted molar refractivity (Wildman–Crippen MR) is 78.2 cm³/mol. The molecule has 0 aliphatic heterocycles. The minimum absolute atomic E-state index is 0.0255. The average Bonchev–Trinajstić information content (AvgIpc) is 2.37. The Bertz CT molecular complexity index is 492. The zero-order chi connectivity index (χ0) is 15.1. The summed E-state index contributed by atoms with van der Waals surface area (Å²) in [5.74, 6) is -0.324. The van der Waals surface area contributed by atoms with Gasteiger partial charge in [0.1, 0.15) is 5.02 Å². The van der Waals surface area contributed by atoms with Crippen LogP contribution in [0.15, 0.2) is 18.2 Å². The summed E-state index contributed by atoms with van der Waals surface area (Å²) in [4.78, 5) is 24.1. The van der Waals surface area contributed by atoms with Gasteiger partial charge < -0.3 is 10.2 Å². The number of nitrogens with zero attached hydrogens (tertiary/aromatic N) is 2. The number of amides is 1. The molecule has 0 aromatic heterocycles. The van der Waals surface area contributed by atoms with Crippen LogP contribution >= 0.6 is 11.6 Å². The molecule has 0 saturated heterocycles. The topological polar surface area (TPSA) is 75.5 Å². The number of nitro benzene ring substituents is 1. The van der Waals surface area contributed by atoms with Crippen LogP contribution in [0.4, 0.5) is 5.69 Å². The van der Waals surface area contributed by atoms with Crippen LogP contribution in [-0.4, -0.2) is 42.9 Å². The fraction of sp³-hybridized carbons (Fsp3) is 0.462. The number of unbranched alkanes of at least 4 members (excludes halogenated alkanes) is 1. The molecule has 1 aromatic rings. The van der Waals surface area contributed by atoms with Crippen LogP contribution in [0.1, 0.15) is 23.2 Å². The van der Waals surface area contributed by atoms with Gasteiger partial charge in [-0.2, -0.15) is 0 Å². The second-order valence-electron chi connectivity index (χ2n) is 4.69. The highest BCUT2D eigenvalue weighted by molar-refractivity contribution is 6.32. The summed E-state index contributed by atoms with van der Waals surface area (Å²) < 4.78 is 0. The Morgan fingerprint density at radius 2 is 2.10 bits per heavy atom. The van der Waals surface area contributed by atoms with Gasteiger partial charge in [-0.15, -0.1) is 0 Å². The van der Waals surface area contributed by atoms with Crippen molar-refractivity contribution in [2.75, 3.05) is 27.2 Å². The van der Waals surface area contributed by atoms with Gasteiger partial charge in [-0.05, 0) is 45.6 Å². The van der Waals surface area contributed by atoms with Gasteiger partial charge in [-0.3, -0.25) is 14.9 Å². The highest BCUT2D eigenvalue weighted by Crippen LogP contribution is 2.24. The maximum Gasteiger partial charge on any atom is 0.288 e. The molecule has 6 nitrogen and oxygen atoms in total. The number of nitro groups is 1. The molecule has 110 valence electrons. The summed E-state index contributed by atoms with van der Waals surface area (Å²) in [6.45, 7) is 1.51. The lowest BCUT2D eigenvalue weighted by Crippen LogP contribution is -2.25. The van der Waals surface area contributed by atoms with Gasteiger partial charge in [-0.1, -0.05) is 11.6 Å². The molecule has 0 aliphatic carbocycles. The number of carbonyl (C=O) groups excluding carboxylic acids is 1. The molecule has 0 radical (unpaired) electrons. The molecule has 0 fully saturated rings. The van der Waals surface area contributed by atoms with Gasteiger partial charge in [0.25, 0.3) is 11.6 Å². The predicted octanol–water partition coefficient (Wildman–Crippen LogP) is 2.32. The summed E-state index contributed by atoms with van der Waals surface area (Å²) >= 11 is 5.69. The van der Waals surface area contributed by atoms with E-state index in [0.29, 0.717) is 6.54 Å². The van der Waals surface area contributed by atoms with Crippen LogP contribution in [-0.2, 0) is 0 Å². The number of hydrogen-bond donors (Lipinski definition) is 1. The standard InChI is InChI=1S/C13H18ClN3O3/c1-16(2)8-4-3-7-15-13(18)10-5-6-11(14)12(9-10)17(19)20/h5-6,9H,3-4,7-8H2,1-2H3,(H,15,18). The molecule has 0 heterocycles. The quantitative estimate of drug-likeness (QED) is 0.476. The van der Waals surface area contributed by atoms with Crippen LogP contribution in [0.5, 0.6) is 0 Å². The Balaban J connectivity index is 2.51.